The smallest absolute Gasteiger partial charge is 0.253 e. The number of rotatable bonds is 7. The zero-order valence-corrected chi connectivity index (χ0v) is 19.1. The van der Waals surface area contributed by atoms with Crippen LogP contribution in [-0.4, -0.2) is 21.6 Å². The fourth-order valence-corrected chi connectivity index (χ4v) is 4.30. The number of aromatic amines is 1. The van der Waals surface area contributed by atoms with Crippen LogP contribution in [0.5, 0.6) is 5.75 Å². The highest BCUT2D eigenvalue weighted by Crippen LogP contribution is 2.21. The molecule has 4 aromatic rings. The molecule has 0 atom stereocenters. The van der Waals surface area contributed by atoms with Gasteiger partial charge in [0.1, 0.15) is 11.6 Å². The third kappa shape index (κ3) is 5.33. The fourth-order valence-electron chi connectivity index (χ4n) is 3.34. The summed E-state index contributed by atoms with van der Waals surface area (Å²) < 4.78 is 18.8. The van der Waals surface area contributed by atoms with Gasteiger partial charge in [0.15, 0.2) is 5.11 Å². The van der Waals surface area contributed by atoms with E-state index in [0.29, 0.717) is 36.1 Å². The van der Waals surface area contributed by atoms with Crippen molar-refractivity contribution in [1.29, 1.82) is 0 Å². The predicted octanol–water partition coefficient (Wildman–Crippen LogP) is 5.53. The molecule has 0 unspecified atom stereocenters. The lowest BCUT2D eigenvalue weighted by Gasteiger charge is -2.25. The fraction of sp³-hybridized carbons (Fsp3) is 0.167. The first kappa shape index (κ1) is 22.0. The first-order valence-corrected chi connectivity index (χ1v) is 11.4. The molecule has 4 rings (SSSR count). The summed E-state index contributed by atoms with van der Waals surface area (Å²) in [7, 11) is 0. The molecule has 2 aromatic carbocycles. The standard InChI is InChI=1S/C24H22FN3O2S2/c1-2-30-20-9-10-22-16(13-20)12-17(23(29)27-22)14-28(15-21-4-3-11-32-21)24(31)26-19-7-5-18(25)6-8-19/h3-13H,2,14-15H2,1H3,(H,26,31)(H,27,29). The number of H-pyrrole nitrogens is 1. The lowest BCUT2D eigenvalue weighted by Crippen LogP contribution is -2.35. The van der Waals surface area contributed by atoms with Crippen molar-refractivity contribution in [3.05, 3.63) is 92.7 Å². The van der Waals surface area contributed by atoms with E-state index in [9.17, 15) is 9.18 Å². The van der Waals surface area contributed by atoms with E-state index in [-0.39, 0.29) is 11.4 Å². The molecule has 164 valence electrons. The van der Waals surface area contributed by atoms with Crippen LogP contribution in [-0.2, 0) is 13.1 Å². The maximum atomic E-state index is 13.3. The summed E-state index contributed by atoms with van der Waals surface area (Å²) in [6, 6.07) is 17.5. The summed E-state index contributed by atoms with van der Waals surface area (Å²) >= 11 is 7.27. The van der Waals surface area contributed by atoms with Crippen LogP contribution >= 0.6 is 23.6 Å². The molecule has 0 fully saturated rings. The molecule has 0 aliphatic carbocycles. The maximum Gasteiger partial charge on any atom is 0.253 e. The van der Waals surface area contributed by atoms with Crippen molar-refractivity contribution in [2.75, 3.05) is 11.9 Å². The molecule has 0 aliphatic heterocycles. The molecule has 0 saturated heterocycles. The van der Waals surface area contributed by atoms with E-state index in [1.165, 1.54) is 12.1 Å². The molecule has 0 aliphatic rings. The first-order valence-electron chi connectivity index (χ1n) is 10.1. The second kappa shape index (κ2) is 9.93. The van der Waals surface area contributed by atoms with Gasteiger partial charge in [-0.1, -0.05) is 6.07 Å². The number of benzene rings is 2. The van der Waals surface area contributed by atoms with Gasteiger partial charge in [-0.2, -0.15) is 0 Å². The minimum Gasteiger partial charge on any atom is -0.494 e. The number of thiophene rings is 1. The van der Waals surface area contributed by atoms with E-state index in [2.05, 4.69) is 10.3 Å². The summed E-state index contributed by atoms with van der Waals surface area (Å²) in [5.41, 5.74) is 1.86. The topological polar surface area (TPSA) is 57.4 Å². The SMILES string of the molecule is CCOc1ccc2[nH]c(=O)c(CN(Cc3cccs3)C(=S)Nc3ccc(F)cc3)cc2c1. The first-order chi connectivity index (χ1) is 15.5. The number of nitrogens with zero attached hydrogens (tertiary/aromatic N) is 1. The Morgan fingerprint density at radius 3 is 2.69 bits per heavy atom. The number of nitrogens with one attached hydrogen (secondary N) is 2. The quantitative estimate of drug-likeness (QED) is 0.350. The predicted molar refractivity (Wildman–Crippen MR) is 132 cm³/mol. The minimum absolute atomic E-state index is 0.164. The van der Waals surface area contributed by atoms with Crippen molar-refractivity contribution in [1.82, 2.24) is 9.88 Å². The third-order valence-electron chi connectivity index (χ3n) is 4.87. The lowest BCUT2D eigenvalue weighted by molar-refractivity contribution is 0.340. The van der Waals surface area contributed by atoms with Crippen LogP contribution in [0.25, 0.3) is 10.9 Å². The summed E-state index contributed by atoms with van der Waals surface area (Å²) in [6.45, 7) is 3.36. The van der Waals surface area contributed by atoms with Gasteiger partial charge in [0.25, 0.3) is 5.56 Å². The highest BCUT2D eigenvalue weighted by atomic mass is 32.1. The Bertz CT molecular complexity index is 1270. The molecular formula is C24H22FN3O2S2. The van der Waals surface area contributed by atoms with E-state index in [1.807, 2.05) is 53.6 Å². The van der Waals surface area contributed by atoms with E-state index < -0.39 is 0 Å². The third-order valence-corrected chi connectivity index (χ3v) is 6.10. The largest absolute Gasteiger partial charge is 0.494 e. The molecule has 0 spiro atoms. The second-order valence-corrected chi connectivity index (χ2v) is 8.60. The molecule has 0 bridgehead atoms. The Labute approximate surface area is 194 Å². The Morgan fingerprint density at radius 1 is 1.16 bits per heavy atom. The monoisotopic (exact) mass is 467 g/mol. The van der Waals surface area contributed by atoms with E-state index >= 15 is 0 Å². The number of aromatic nitrogens is 1. The summed E-state index contributed by atoms with van der Waals surface area (Å²) in [6.07, 6.45) is 0. The van der Waals surface area contributed by atoms with Crippen molar-refractivity contribution >= 4 is 45.3 Å². The number of fused-ring (bicyclic) bond motifs is 1. The minimum atomic E-state index is -0.314. The summed E-state index contributed by atoms with van der Waals surface area (Å²) in [5.74, 6) is 0.438. The maximum absolute atomic E-state index is 13.3. The molecule has 5 nitrogen and oxygen atoms in total. The number of hydrogen-bond donors (Lipinski definition) is 2. The average molecular weight is 468 g/mol. The van der Waals surface area contributed by atoms with Crippen LogP contribution in [0.3, 0.4) is 0 Å². The van der Waals surface area contributed by atoms with E-state index in [0.717, 1.165) is 21.5 Å². The van der Waals surface area contributed by atoms with Gasteiger partial charge in [0.2, 0.25) is 0 Å². The van der Waals surface area contributed by atoms with Crippen molar-refractivity contribution < 1.29 is 9.13 Å². The van der Waals surface area contributed by atoms with Crippen molar-refractivity contribution in [2.45, 2.75) is 20.0 Å². The molecule has 0 saturated carbocycles. The number of anilines is 1. The van der Waals surface area contributed by atoms with Gasteiger partial charge in [0, 0.05) is 27.0 Å². The van der Waals surface area contributed by atoms with E-state index in [1.54, 1.807) is 23.5 Å². The molecule has 2 heterocycles. The van der Waals surface area contributed by atoms with Gasteiger partial charge in [-0.25, -0.2) is 4.39 Å². The van der Waals surface area contributed by atoms with Gasteiger partial charge >= 0.3 is 0 Å². The van der Waals surface area contributed by atoms with Gasteiger partial charge in [0.05, 0.1) is 19.7 Å². The second-order valence-electron chi connectivity index (χ2n) is 7.18. The summed E-state index contributed by atoms with van der Waals surface area (Å²) in [5, 5.41) is 6.49. The van der Waals surface area contributed by atoms with Crippen LogP contribution in [0.2, 0.25) is 0 Å². The molecule has 2 aromatic heterocycles. The molecular weight excluding hydrogens is 445 g/mol. The number of hydrogen-bond acceptors (Lipinski definition) is 4. The number of halogens is 1. The van der Waals surface area contributed by atoms with Crippen LogP contribution in [0, 0.1) is 5.82 Å². The normalized spacial score (nSPS) is 10.8. The van der Waals surface area contributed by atoms with Crippen LogP contribution in [0.1, 0.15) is 17.4 Å². The molecule has 8 heteroatoms. The molecule has 0 radical (unpaired) electrons. The zero-order valence-electron chi connectivity index (χ0n) is 17.4. The zero-order chi connectivity index (χ0) is 22.5. The Hall–Kier alpha value is -3.23. The van der Waals surface area contributed by atoms with Crippen LogP contribution in [0.15, 0.2) is 70.8 Å². The highest BCUT2D eigenvalue weighted by molar-refractivity contribution is 7.80. The molecule has 2 N–H and O–H groups in total. The number of ether oxygens (including phenoxy) is 1. The van der Waals surface area contributed by atoms with Crippen LogP contribution < -0.4 is 15.6 Å². The van der Waals surface area contributed by atoms with Crippen LogP contribution in [0.4, 0.5) is 10.1 Å². The molecule has 32 heavy (non-hydrogen) atoms. The highest BCUT2D eigenvalue weighted by Gasteiger charge is 2.15. The van der Waals surface area contributed by atoms with Crippen molar-refractivity contribution in [2.24, 2.45) is 0 Å². The Balaban J connectivity index is 1.62. The Morgan fingerprint density at radius 2 is 1.97 bits per heavy atom. The van der Waals surface area contributed by atoms with Gasteiger partial charge in [-0.15, -0.1) is 11.3 Å². The van der Waals surface area contributed by atoms with Crippen molar-refractivity contribution in [3.63, 3.8) is 0 Å². The summed E-state index contributed by atoms with van der Waals surface area (Å²) in [4.78, 5) is 18.8. The van der Waals surface area contributed by atoms with E-state index in [4.69, 9.17) is 17.0 Å². The van der Waals surface area contributed by atoms with Crippen molar-refractivity contribution in [3.8, 4) is 5.75 Å². The average Bonchev–Trinajstić information content (AvgIpc) is 3.29. The number of pyridine rings is 1. The lowest BCUT2D eigenvalue weighted by atomic mass is 10.1. The van der Waals surface area contributed by atoms with Gasteiger partial charge in [-0.05, 0) is 79.1 Å². The Kier molecular flexibility index (Phi) is 6.82. The van der Waals surface area contributed by atoms with Gasteiger partial charge in [-0.3, -0.25) is 4.79 Å². The number of thiocarbonyl (C=S) groups is 1. The van der Waals surface area contributed by atoms with Gasteiger partial charge < -0.3 is 19.9 Å². The molecule has 0 amide bonds.